The van der Waals surface area contributed by atoms with E-state index in [2.05, 4.69) is 36.5 Å². The Balaban J connectivity index is 2.05. The second-order valence-electron chi connectivity index (χ2n) is 7.22. The molecule has 28 heavy (non-hydrogen) atoms. The summed E-state index contributed by atoms with van der Waals surface area (Å²) in [5.74, 6) is -0.151. The Morgan fingerprint density at radius 1 is 1.11 bits per heavy atom. The van der Waals surface area contributed by atoms with Crippen molar-refractivity contribution in [2.45, 2.75) is 37.8 Å². The molecule has 0 fully saturated rings. The van der Waals surface area contributed by atoms with Crippen LogP contribution in [0, 0.1) is 0 Å². The van der Waals surface area contributed by atoms with Gasteiger partial charge in [-0.05, 0) is 37.1 Å². The maximum absolute atomic E-state index is 12.6. The summed E-state index contributed by atoms with van der Waals surface area (Å²) < 4.78 is 25.7. The number of quaternary nitrogens is 1. The lowest BCUT2D eigenvalue weighted by Crippen LogP contribution is -3.12. The predicted octanol–water partition coefficient (Wildman–Crippen LogP) is 1.54. The molecule has 0 saturated carbocycles. The molecule has 0 bridgehead atoms. The first-order valence-electron chi connectivity index (χ1n) is 9.38. The minimum atomic E-state index is -3.54. The number of likely N-dealkylation sites (N-methyl/N-ethyl adjacent to an activating group) is 1. The zero-order valence-electron chi connectivity index (χ0n) is 17.2. The molecule has 0 heterocycles. The zero-order valence-corrected chi connectivity index (χ0v) is 18.0. The van der Waals surface area contributed by atoms with E-state index >= 15 is 0 Å². The Morgan fingerprint density at radius 3 is 2.29 bits per heavy atom. The highest BCUT2D eigenvalue weighted by Crippen LogP contribution is 2.18. The van der Waals surface area contributed by atoms with E-state index in [0.717, 1.165) is 22.2 Å². The van der Waals surface area contributed by atoms with E-state index in [1.807, 2.05) is 14.0 Å². The lowest BCUT2D eigenvalue weighted by molar-refractivity contribution is -0.907. The molecule has 2 N–H and O–H groups in total. The third-order valence-electron chi connectivity index (χ3n) is 4.93. The summed E-state index contributed by atoms with van der Waals surface area (Å²) in [6.45, 7) is 4.72. The summed E-state index contributed by atoms with van der Waals surface area (Å²) in [5, 5.41) is 2.84. The summed E-state index contributed by atoms with van der Waals surface area (Å²) in [5.41, 5.74) is 2.94. The van der Waals surface area contributed by atoms with Gasteiger partial charge in [-0.25, -0.2) is 12.7 Å². The van der Waals surface area contributed by atoms with Crippen LogP contribution >= 0.6 is 0 Å². The molecule has 1 amide bonds. The van der Waals surface area contributed by atoms with Crippen LogP contribution in [0.25, 0.3) is 0 Å². The number of hydrogen-bond donors (Lipinski definition) is 2. The number of benzene rings is 2. The van der Waals surface area contributed by atoms with E-state index in [1.165, 1.54) is 37.4 Å². The Bertz CT molecular complexity index is 909. The van der Waals surface area contributed by atoms with Crippen LogP contribution < -0.4 is 10.2 Å². The highest BCUT2D eigenvalue weighted by molar-refractivity contribution is 7.89. The summed E-state index contributed by atoms with van der Waals surface area (Å²) in [7, 11) is 1.40. The van der Waals surface area contributed by atoms with Gasteiger partial charge in [0.1, 0.15) is 6.54 Å². The van der Waals surface area contributed by atoms with Gasteiger partial charge in [0.05, 0.1) is 11.9 Å². The van der Waals surface area contributed by atoms with Gasteiger partial charge in [0.2, 0.25) is 10.0 Å². The molecule has 0 aliphatic rings. The Morgan fingerprint density at radius 2 is 1.71 bits per heavy atom. The van der Waals surface area contributed by atoms with Crippen molar-refractivity contribution in [1.82, 2.24) is 4.31 Å². The smallest absolute Gasteiger partial charge is 0.282 e. The minimum absolute atomic E-state index is 0.151. The third kappa shape index (κ3) is 5.41. The molecule has 0 aliphatic heterocycles. The second-order valence-corrected chi connectivity index (χ2v) is 9.37. The zero-order chi connectivity index (χ0) is 20.9. The highest BCUT2D eigenvalue weighted by Gasteiger charge is 2.23. The number of sulfonamides is 1. The summed E-state index contributed by atoms with van der Waals surface area (Å²) >= 11 is 0. The Hall–Kier alpha value is -2.22. The number of nitrogens with one attached hydrogen (secondary N) is 2. The van der Waals surface area contributed by atoms with Crippen molar-refractivity contribution in [2.75, 3.05) is 26.5 Å². The number of amides is 1. The molecule has 7 heteroatoms. The van der Waals surface area contributed by atoms with Gasteiger partial charge in [-0.3, -0.25) is 4.79 Å². The molecule has 0 spiro atoms. The number of carbonyl (C=O) groups is 1. The average molecular weight is 405 g/mol. The summed E-state index contributed by atoms with van der Waals surface area (Å²) in [6, 6.07) is 14.5. The molecule has 152 valence electrons. The fourth-order valence-corrected chi connectivity index (χ4v) is 3.74. The van der Waals surface area contributed by atoms with E-state index in [0.29, 0.717) is 5.69 Å². The van der Waals surface area contributed by atoms with Crippen LogP contribution in [0.15, 0.2) is 53.4 Å². The van der Waals surface area contributed by atoms with Gasteiger partial charge in [0.25, 0.3) is 5.91 Å². The molecule has 0 aromatic heterocycles. The number of anilines is 1. The van der Waals surface area contributed by atoms with Crippen LogP contribution in [-0.4, -0.2) is 45.8 Å². The van der Waals surface area contributed by atoms with E-state index in [9.17, 15) is 13.2 Å². The normalized spacial score (nSPS) is 13.9. The molecule has 6 nitrogen and oxygen atoms in total. The third-order valence-corrected chi connectivity index (χ3v) is 6.74. The second kappa shape index (κ2) is 9.32. The van der Waals surface area contributed by atoms with E-state index in [-0.39, 0.29) is 16.8 Å². The molecular weight excluding hydrogens is 374 g/mol. The first kappa shape index (κ1) is 22.1. The van der Waals surface area contributed by atoms with Crippen LogP contribution in [0.5, 0.6) is 0 Å². The van der Waals surface area contributed by atoms with Gasteiger partial charge in [0, 0.05) is 25.3 Å². The maximum Gasteiger partial charge on any atom is 0.282 e. The first-order chi connectivity index (χ1) is 13.1. The van der Waals surface area contributed by atoms with E-state index < -0.39 is 10.0 Å². The molecule has 2 atom stereocenters. The molecule has 2 rings (SSSR count). The molecule has 0 aliphatic carbocycles. The molecule has 0 radical (unpaired) electrons. The van der Waals surface area contributed by atoms with Crippen LogP contribution in [0.2, 0.25) is 0 Å². The minimum Gasteiger partial charge on any atom is -0.324 e. The molecule has 1 unspecified atom stereocenters. The average Bonchev–Trinajstić information content (AvgIpc) is 2.67. The van der Waals surface area contributed by atoms with Crippen molar-refractivity contribution in [1.29, 1.82) is 0 Å². The number of carbonyl (C=O) groups excluding carboxylic acids is 1. The molecule has 0 saturated heterocycles. The number of aryl methyl sites for hydroxylation is 1. The van der Waals surface area contributed by atoms with Gasteiger partial charge in [0.15, 0.2) is 6.04 Å². The first-order valence-corrected chi connectivity index (χ1v) is 10.8. The van der Waals surface area contributed by atoms with Crippen molar-refractivity contribution in [2.24, 2.45) is 0 Å². The largest absolute Gasteiger partial charge is 0.324 e. The van der Waals surface area contributed by atoms with Gasteiger partial charge in [-0.2, -0.15) is 0 Å². The lowest BCUT2D eigenvalue weighted by atomic mass is 10.1. The van der Waals surface area contributed by atoms with Crippen LogP contribution in [0.1, 0.15) is 25.0 Å². The van der Waals surface area contributed by atoms with Gasteiger partial charge in [-0.1, -0.05) is 37.3 Å². The van der Waals surface area contributed by atoms with Crippen molar-refractivity contribution in [3.63, 3.8) is 0 Å². The Kier molecular flexibility index (Phi) is 7.35. The predicted molar refractivity (Wildman–Crippen MR) is 112 cm³/mol. The monoisotopic (exact) mass is 404 g/mol. The Labute approximate surface area is 168 Å². The molecule has 2 aromatic rings. The van der Waals surface area contributed by atoms with E-state index in [4.69, 9.17) is 0 Å². The van der Waals surface area contributed by atoms with Gasteiger partial charge < -0.3 is 10.2 Å². The van der Waals surface area contributed by atoms with Gasteiger partial charge >= 0.3 is 0 Å². The van der Waals surface area contributed by atoms with Crippen molar-refractivity contribution in [3.8, 4) is 0 Å². The highest BCUT2D eigenvalue weighted by atomic mass is 32.2. The summed E-state index contributed by atoms with van der Waals surface area (Å²) in [4.78, 5) is 13.9. The summed E-state index contributed by atoms with van der Waals surface area (Å²) in [6.07, 6.45) is 1.00. The lowest BCUT2D eigenvalue weighted by Gasteiger charge is -2.21. The van der Waals surface area contributed by atoms with Crippen LogP contribution in [0.4, 0.5) is 5.69 Å². The fourth-order valence-electron chi connectivity index (χ4n) is 2.79. The topological polar surface area (TPSA) is 70.9 Å². The van der Waals surface area contributed by atoms with Crippen molar-refractivity contribution < 1.29 is 18.1 Å². The van der Waals surface area contributed by atoms with E-state index in [1.54, 1.807) is 12.1 Å². The number of nitrogens with zero attached hydrogens (tertiary/aromatic N) is 1. The standard InChI is InChI=1S/C21H29N3O3S/c1-6-17-10-12-18(13-11-17)15-24(5)16(2)21(25)22-19-8-7-9-20(14-19)28(26,27)23(3)4/h7-14,16H,6,15H2,1-5H3,(H,22,25)/p+1/t16-/m1/s1. The maximum atomic E-state index is 12.6. The van der Waals surface area contributed by atoms with Crippen LogP contribution in [0.3, 0.4) is 0 Å². The number of hydrogen-bond acceptors (Lipinski definition) is 3. The van der Waals surface area contributed by atoms with Crippen LogP contribution in [-0.2, 0) is 27.8 Å². The fraction of sp³-hybridized carbons (Fsp3) is 0.381. The van der Waals surface area contributed by atoms with Crippen molar-refractivity contribution >= 4 is 21.6 Å². The number of rotatable bonds is 8. The SMILES string of the molecule is CCc1ccc(C[NH+](C)[C@H](C)C(=O)Nc2cccc(S(=O)(=O)N(C)C)c2)cc1. The molecule has 2 aromatic carbocycles. The van der Waals surface area contributed by atoms with Gasteiger partial charge in [-0.15, -0.1) is 0 Å². The molecular formula is C21H30N3O3S+. The van der Waals surface area contributed by atoms with Crippen molar-refractivity contribution in [3.05, 3.63) is 59.7 Å². The quantitative estimate of drug-likeness (QED) is 0.701.